The number of likely N-dealkylation sites (N-methyl/N-ethyl adjacent to an activating group) is 1. The van der Waals surface area contributed by atoms with E-state index in [1.54, 1.807) is 0 Å². The molecule has 2 atom stereocenters. The summed E-state index contributed by atoms with van der Waals surface area (Å²) in [5, 5.41) is 2.98. The van der Waals surface area contributed by atoms with Gasteiger partial charge in [-0.2, -0.15) is 0 Å². The molecule has 2 aliphatic rings. The van der Waals surface area contributed by atoms with Gasteiger partial charge in [-0.25, -0.2) is 4.79 Å². The van der Waals surface area contributed by atoms with Crippen LogP contribution in [-0.2, 0) is 4.79 Å². The van der Waals surface area contributed by atoms with Crippen LogP contribution in [-0.4, -0.2) is 69.3 Å². The Balaban J connectivity index is 1.71. The lowest BCUT2D eigenvalue weighted by molar-refractivity contribution is -0.136. The molecule has 1 saturated heterocycles. The minimum Gasteiger partial charge on any atom is -0.347 e. The van der Waals surface area contributed by atoms with Crippen LogP contribution < -0.4 is 11.0 Å². The second-order valence-electron chi connectivity index (χ2n) is 7.22. The van der Waals surface area contributed by atoms with Crippen molar-refractivity contribution in [2.24, 2.45) is 0 Å². The van der Waals surface area contributed by atoms with E-state index in [0.717, 1.165) is 12.8 Å². The molecule has 2 fully saturated rings. The number of imidazole rings is 1. The molecule has 1 saturated carbocycles. The van der Waals surface area contributed by atoms with Crippen molar-refractivity contribution < 1.29 is 9.59 Å². The lowest BCUT2D eigenvalue weighted by atomic mass is 10.1. The Bertz CT molecular complexity index is 687. The molecule has 3 N–H and O–H groups in total. The molecule has 3 rings (SSSR count). The van der Waals surface area contributed by atoms with Gasteiger partial charge in [-0.3, -0.25) is 14.5 Å². The van der Waals surface area contributed by atoms with Crippen molar-refractivity contribution in [1.29, 1.82) is 0 Å². The standard InChI is InChI=1S/C18H29N5O3/c1-3-22(4-2)17(25)15-9-12(11-23(15)13-7-5-6-8-13)20-16(24)14-10-19-18(26)21-14/h10,12-13,15H,3-9,11H2,1-2H3,(H,20,24)(H2,19,21,26)/t12-,15+/m1/s1. The first kappa shape index (κ1) is 18.7. The quantitative estimate of drug-likeness (QED) is 0.692. The van der Waals surface area contributed by atoms with Crippen molar-refractivity contribution in [3.8, 4) is 0 Å². The highest BCUT2D eigenvalue weighted by atomic mass is 16.2. The van der Waals surface area contributed by atoms with Gasteiger partial charge in [0.15, 0.2) is 0 Å². The second-order valence-corrected chi connectivity index (χ2v) is 7.22. The third-order valence-electron chi connectivity index (χ3n) is 5.67. The van der Waals surface area contributed by atoms with Crippen LogP contribution in [0.25, 0.3) is 0 Å². The molecular weight excluding hydrogens is 334 g/mol. The predicted molar refractivity (Wildman–Crippen MR) is 98.0 cm³/mol. The summed E-state index contributed by atoms with van der Waals surface area (Å²) in [5.74, 6) is -0.149. The Labute approximate surface area is 153 Å². The molecule has 0 aromatic carbocycles. The van der Waals surface area contributed by atoms with E-state index in [1.807, 2.05) is 18.7 Å². The average molecular weight is 363 g/mol. The SMILES string of the molecule is CCN(CC)C(=O)[C@@H]1C[C@@H](NC(=O)c2c[nH]c(=O)[nH]2)CN1C1CCCC1. The Morgan fingerprint density at radius 2 is 1.96 bits per heavy atom. The van der Waals surface area contributed by atoms with E-state index >= 15 is 0 Å². The Morgan fingerprint density at radius 1 is 1.27 bits per heavy atom. The van der Waals surface area contributed by atoms with Crippen molar-refractivity contribution in [1.82, 2.24) is 25.1 Å². The van der Waals surface area contributed by atoms with E-state index in [9.17, 15) is 14.4 Å². The number of amides is 2. The third kappa shape index (κ3) is 3.85. The molecule has 0 bridgehead atoms. The van der Waals surface area contributed by atoms with Gasteiger partial charge in [0.2, 0.25) is 5.91 Å². The molecule has 144 valence electrons. The van der Waals surface area contributed by atoms with Crippen molar-refractivity contribution in [2.75, 3.05) is 19.6 Å². The number of H-pyrrole nitrogens is 2. The van der Waals surface area contributed by atoms with Gasteiger partial charge in [-0.05, 0) is 33.1 Å². The summed E-state index contributed by atoms with van der Waals surface area (Å²) in [4.78, 5) is 45.6. The Morgan fingerprint density at radius 3 is 2.54 bits per heavy atom. The fraction of sp³-hybridized carbons (Fsp3) is 0.722. The average Bonchev–Trinajstić information content (AvgIpc) is 3.35. The molecule has 1 aromatic heterocycles. The zero-order chi connectivity index (χ0) is 18.7. The van der Waals surface area contributed by atoms with Gasteiger partial charge in [-0.1, -0.05) is 12.8 Å². The molecule has 1 aliphatic heterocycles. The summed E-state index contributed by atoms with van der Waals surface area (Å²) in [6, 6.07) is 0.160. The van der Waals surface area contributed by atoms with Gasteiger partial charge in [0.25, 0.3) is 5.91 Å². The maximum Gasteiger partial charge on any atom is 0.323 e. The van der Waals surface area contributed by atoms with Crippen LogP contribution in [0.15, 0.2) is 11.0 Å². The number of carbonyl (C=O) groups excluding carboxylic acids is 2. The number of nitrogens with zero attached hydrogens (tertiary/aromatic N) is 2. The highest BCUT2D eigenvalue weighted by molar-refractivity contribution is 5.92. The van der Waals surface area contributed by atoms with Crippen LogP contribution in [0, 0.1) is 0 Å². The zero-order valence-corrected chi connectivity index (χ0v) is 15.6. The van der Waals surface area contributed by atoms with Gasteiger partial charge in [0, 0.05) is 37.9 Å². The number of aromatic amines is 2. The van der Waals surface area contributed by atoms with E-state index in [-0.39, 0.29) is 29.6 Å². The fourth-order valence-corrected chi connectivity index (χ4v) is 4.31. The van der Waals surface area contributed by atoms with Crippen LogP contribution in [0.5, 0.6) is 0 Å². The fourth-order valence-electron chi connectivity index (χ4n) is 4.31. The summed E-state index contributed by atoms with van der Waals surface area (Å²) in [7, 11) is 0. The summed E-state index contributed by atoms with van der Waals surface area (Å²) in [6.07, 6.45) is 6.64. The van der Waals surface area contributed by atoms with Crippen molar-refractivity contribution in [2.45, 2.75) is 64.1 Å². The Kier molecular flexibility index (Phi) is 5.80. The van der Waals surface area contributed by atoms with Gasteiger partial charge in [-0.15, -0.1) is 0 Å². The lowest BCUT2D eigenvalue weighted by Crippen LogP contribution is -2.48. The van der Waals surface area contributed by atoms with E-state index in [1.165, 1.54) is 19.0 Å². The van der Waals surface area contributed by atoms with Gasteiger partial charge in [0.05, 0.1) is 6.04 Å². The summed E-state index contributed by atoms with van der Waals surface area (Å²) in [6.45, 7) is 6.08. The minimum absolute atomic E-state index is 0.0917. The zero-order valence-electron chi connectivity index (χ0n) is 15.6. The maximum absolute atomic E-state index is 13.0. The highest BCUT2D eigenvalue weighted by Crippen LogP contribution is 2.31. The largest absolute Gasteiger partial charge is 0.347 e. The second kappa shape index (κ2) is 8.07. The van der Waals surface area contributed by atoms with Crippen LogP contribution in [0.3, 0.4) is 0 Å². The molecule has 26 heavy (non-hydrogen) atoms. The Hall–Kier alpha value is -2.09. The summed E-state index contributed by atoms with van der Waals surface area (Å²) in [5.41, 5.74) is -0.176. The number of aromatic nitrogens is 2. The smallest absolute Gasteiger partial charge is 0.323 e. The molecule has 0 spiro atoms. The number of hydrogen-bond acceptors (Lipinski definition) is 4. The van der Waals surface area contributed by atoms with Gasteiger partial charge >= 0.3 is 5.69 Å². The van der Waals surface area contributed by atoms with E-state index in [4.69, 9.17) is 0 Å². The van der Waals surface area contributed by atoms with Crippen molar-refractivity contribution in [3.63, 3.8) is 0 Å². The summed E-state index contributed by atoms with van der Waals surface area (Å²) < 4.78 is 0. The predicted octanol–water partition coefficient (Wildman–Crippen LogP) is 0.687. The third-order valence-corrected chi connectivity index (χ3v) is 5.67. The molecule has 2 amide bonds. The van der Waals surface area contributed by atoms with Crippen LogP contribution in [0.2, 0.25) is 0 Å². The normalized spacial score (nSPS) is 24.1. The number of hydrogen-bond donors (Lipinski definition) is 3. The first-order valence-electron chi connectivity index (χ1n) is 9.66. The molecule has 1 aromatic rings. The first-order chi connectivity index (χ1) is 12.5. The molecule has 8 heteroatoms. The van der Waals surface area contributed by atoms with Crippen LogP contribution >= 0.6 is 0 Å². The molecule has 2 heterocycles. The molecule has 1 aliphatic carbocycles. The minimum atomic E-state index is -0.399. The van der Waals surface area contributed by atoms with E-state index < -0.39 is 5.69 Å². The number of carbonyl (C=O) groups is 2. The summed E-state index contributed by atoms with van der Waals surface area (Å²) >= 11 is 0. The molecule has 0 radical (unpaired) electrons. The molecule has 0 unspecified atom stereocenters. The molecule has 8 nitrogen and oxygen atoms in total. The first-order valence-corrected chi connectivity index (χ1v) is 9.66. The van der Waals surface area contributed by atoms with Crippen LogP contribution in [0.4, 0.5) is 0 Å². The van der Waals surface area contributed by atoms with E-state index in [2.05, 4.69) is 20.2 Å². The number of rotatable bonds is 6. The van der Waals surface area contributed by atoms with Crippen molar-refractivity contribution >= 4 is 11.8 Å². The van der Waals surface area contributed by atoms with Crippen molar-refractivity contribution in [3.05, 3.63) is 22.4 Å². The maximum atomic E-state index is 13.0. The number of nitrogens with one attached hydrogen (secondary N) is 3. The highest BCUT2D eigenvalue weighted by Gasteiger charge is 2.42. The molecular formula is C18H29N5O3. The van der Waals surface area contributed by atoms with Gasteiger partial charge in [0.1, 0.15) is 5.69 Å². The van der Waals surface area contributed by atoms with Gasteiger partial charge < -0.3 is 20.2 Å². The topological polar surface area (TPSA) is 101 Å². The van der Waals surface area contributed by atoms with E-state index in [0.29, 0.717) is 32.1 Å². The monoisotopic (exact) mass is 363 g/mol. The number of likely N-dealkylation sites (tertiary alicyclic amines) is 1. The lowest BCUT2D eigenvalue weighted by Gasteiger charge is -2.32. The van der Waals surface area contributed by atoms with Crippen LogP contribution in [0.1, 0.15) is 56.4 Å².